The first kappa shape index (κ1) is 24.1. The Bertz CT molecular complexity index is 1210. The normalized spacial score (nSPS) is 13.1. The Morgan fingerprint density at radius 2 is 1.70 bits per heavy atom. The Morgan fingerprint density at radius 1 is 1.03 bits per heavy atom. The highest BCUT2D eigenvalue weighted by Crippen LogP contribution is 2.24. The molecule has 2 aromatic rings. The number of nitrogens with one attached hydrogen (secondary N) is 1. The minimum absolute atomic E-state index is 0.0467. The second-order valence-electron chi connectivity index (χ2n) is 7.42. The van der Waals surface area contributed by atoms with Crippen LogP contribution in [0.1, 0.15) is 56.4 Å². The maximum Gasteiger partial charge on any atom is 0.338 e. The number of nitrogens with two attached hydrogens (primary N) is 1. The van der Waals surface area contributed by atoms with Gasteiger partial charge in [0.2, 0.25) is 10.0 Å². The van der Waals surface area contributed by atoms with Gasteiger partial charge in [-0.1, -0.05) is 25.5 Å². The number of primary sulfonamides is 1. The molecule has 0 saturated carbocycles. The molecule has 0 spiro atoms. The first-order chi connectivity index (χ1) is 15.6. The predicted octanol–water partition coefficient (Wildman–Crippen LogP) is 1.20. The summed E-state index contributed by atoms with van der Waals surface area (Å²) in [5.74, 6) is -2.22. The molecular weight excluding hydrogens is 450 g/mol. The Kier molecular flexibility index (Phi) is 7.24. The number of hydrogen-bond acceptors (Lipinski definition) is 7. The number of ether oxygens (including phenoxy) is 1. The van der Waals surface area contributed by atoms with E-state index in [0.717, 1.165) is 11.3 Å². The number of esters is 1. The lowest BCUT2D eigenvalue weighted by atomic mass is 10.1. The molecule has 0 radical (unpaired) electrons. The summed E-state index contributed by atoms with van der Waals surface area (Å²) in [7, 11) is -3.80. The highest BCUT2D eigenvalue weighted by molar-refractivity contribution is 7.89. The van der Waals surface area contributed by atoms with Crippen LogP contribution in [0, 0.1) is 0 Å². The van der Waals surface area contributed by atoms with Gasteiger partial charge >= 0.3 is 5.97 Å². The number of unbranched alkanes of at least 4 members (excludes halogenated alkanes) is 1. The van der Waals surface area contributed by atoms with E-state index in [4.69, 9.17) is 9.88 Å². The fraction of sp³-hybridized carbons (Fsp3) is 0.273. The molecule has 0 aromatic heterocycles. The first-order valence-corrected chi connectivity index (χ1v) is 11.7. The van der Waals surface area contributed by atoms with E-state index >= 15 is 0 Å². The zero-order chi connectivity index (χ0) is 24.2. The first-order valence-electron chi connectivity index (χ1n) is 10.2. The highest BCUT2D eigenvalue weighted by Gasteiger charge is 2.35. The number of carbonyl (C=O) groups excluding carboxylic acids is 4. The van der Waals surface area contributed by atoms with E-state index in [1.54, 1.807) is 0 Å². The SMILES string of the molecule is CCCCN1C(=O)c2ccc(C(=O)OCC(=O)NCc3ccc(S(N)(=O)=O)cc3)cc2C1=O. The van der Waals surface area contributed by atoms with Crippen LogP contribution in [0.5, 0.6) is 0 Å². The molecule has 1 aliphatic heterocycles. The standard InChI is InChI=1S/C22H23N3O7S/c1-2-3-10-25-20(27)17-9-6-15(11-18(17)21(25)28)22(29)32-13-19(26)24-12-14-4-7-16(8-5-14)33(23,30)31/h4-9,11H,2-3,10,12-13H2,1H3,(H,24,26)(H2,23,30,31). The number of sulfonamides is 1. The van der Waals surface area contributed by atoms with Crippen LogP contribution < -0.4 is 10.5 Å². The molecule has 0 saturated heterocycles. The fourth-order valence-electron chi connectivity index (χ4n) is 3.20. The van der Waals surface area contributed by atoms with Gasteiger partial charge < -0.3 is 10.1 Å². The van der Waals surface area contributed by atoms with Gasteiger partial charge in [0, 0.05) is 13.1 Å². The van der Waals surface area contributed by atoms with Gasteiger partial charge in [0.15, 0.2) is 6.61 Å². The number of amides is 3. The second kappa shape index (κ2) is 9.92. The molecule has 33 heavy (non-hydrogen) atoms. The zero-order valence-electron chi connectivity index (χ0n) is 17.9. The van der Waals surface area contributed by atoms with E-state index in [2.05, 4.69) is 5.32 Å². The van der Waals surface area contributed by atoms with Crippen LogP contribution in [0.4, 0.5) is 0 Å². The van der Waals surface area contributed by atoms with Crippen LogP contribution in [-0.4, -0.2) is 50.2 Å². The summed E-state index contributed by atoms with van der Waals surface area (Å²) < 4.78 is 27.5. The minimum atomic E-state index is -3.80. The van der Waals surface area contributed by atoms with Gasteiger partial charge in [-0.15, -0.1) is 0 Å². The number of benzene rings is 2. The van der Waals surface area contributed by atoms with Crippen molar-refractivity contribution in [1.29, 1.82) is 0 Å². The molecule has 11 heteroatoms. The van der Waals surface area contributed by atoms with E-state index in [-0.39, 0.29) is 34.0 Å². The van der Waals surface area contributed by atoms with E-state index in [0.29, 0.717) is 18.5 Å². The van der Waals surface area contributed by atoms with Crippen LogP contribution in [0.3, 0.4) is 0 Å². The molecule has 0 aliphatic carbocycles. The molecule has 1 heterocycles. The maximum absolute atomic E-state index is 12.5. The van der Waals surface area contributed by atoms with Gasteiger partial charge in [0.05, 0.1) is 21.6 Å². The van der Waals surface area contributed by atoms with Gasteiger partial charge in [0.1, 0.15) is 0 Å². The van der Waals surface area contributed by atoms with Gasteiger partial charge in [-0.2, -0.15) is 0 Å². The number of nitrogens with zero attached hydrogens (tertiary/aromatic N) is 1. The fourth-order valence-corrected chi connectivity index (χ4v) is 3.72. The average molecular weight is 474 g/mol. The second-order valence-corrected chi connectivity index (χ2v) is 8.98. The minimum Gasteiger partial charge on any atom is -0.452 e. The summed E-state index contributed by atoms with van der Waals surface area (Å²) >= 11 is 0. The molecule has 3 rings (SSSR count). The van der Waals surface area contributed by atoms with Gasteiger partial charge in [-0.3, -0.25) is 19.3 Å². The van der Waals surface area contributed by atoms with E-state index < -0.39 is 34.4 Å². The number of rotatable bonds is 9. The molecule has 1 aliphatic rings. The van der Waals surface area contributed by atoms with Crippen molar-refractivity contribution < 1.29 is 32.3 Å². The van der Waals surface area contributed by atoms with Crippen molar-refractivity contribution in [2.75, 3.05) is 13.2 Å². The summed E-state index contributed by atoms with van der Waals surface area (Å²) in [5, 5.41) is 7.57. The van der Waals surface area contributed by atoms with Gasteiger partial charge in [-0.25, -0.2) is 18.4 Å². The third kappa shape index (κ3) is 5.62. The molecule has 0 bridgehead atoms. The largest absolute Gasteiger partial charge is 0.452 e. The summed E-state index contributed by atoms with van der Waals surface area (Å²) in [6, 6.07) is 9.72. The lowest BCUT2D eigenvalue weighted by molar-refractivity contribution is -0.124. The highest BCUT2D eigenvalue weighted by atomic mass is 32.2. The molecule has 2 aromatic carbocycles. The lowest BCUT2D eigenvalue weighted by Crippen LogP contribution is -2.30. The topological polar surface area (TPSA) is 153 Å². The van der Waals surface area contributed by atoms with Gasteiger partial charge in [0.25, 0.3) is 17.7 Å². The van der Waals surface area contributed by atoms with E-state index in [1.165, 1.54) is 42.5 Å². The molecule has 174 valence electrons. The molecule has 10 nitrogen and oxygen atoms in total. The Hall–Kier alpha value is -3.57. The predicted molar refractivity (Wildman–Crippen MR) is 117 cm³/mol. The van der Waals surface area contributed by atoms with Crippen molar-refractivity contribution in [3.8, 4) is 0 Å². The smallest absolute Gasteiger partial charge is 0.338 e. The summed E-state index contributed by atoms with van der Waals surface area (Å²) in [6.45, 7) is 1.80. The van der Waals surface area contributed by atoms with E-state index in [9.17, 15) is 27.6 Å². The third-order valence-corrected chi connectivity index (χ3v) is 5.95. The number of carbonyl (C=O) groups is 4. The quantitative estimate of drug-likeness (QED) is 0.410. The lowest BCUT2D eigenvalue weighted by Gasteiger charge is -2.12. The zero-order valence-corrected chi connectivity index (χ0v) is 18.7. The van der Waals surface area contributed by atoms with Gasteiger partial charge in [-0.05, 0) is 42.3 Å². The summed E-state index contributed by atoms with van der Waals surface area (Å²) in [6.07, 6.45) is 1.51. The number of imide groups is 1. The van der Waals surface area contributed by atoms with Crippen molar-refractivity contribution in [2.24, 2.45) is 5.14 Å². The maximum atomic E-state index is 12.5. The Balaban J connectivity index is 1.54. The van der Waals surface area contributed by atoms with Crippen molar-refractivity contribution in [3.05, 3.63) is 64.7 Å². The van der Waals surface area contributed by atoms with Crippen LogP contribution in [-0.2, 0) is 26.1 Å². The molecule has 0 atom stereocenters. The van der Waals surface area contributed by atoms with Crippen molar-refractivity contribution in [2.45, 2.75) is 31.2 Å². The molecule has 3 N–H and O–H groups in total. The van der Waals surface area contributed by atoms with Crippen LogP contribution in [0.15, 0.2) is 47.4 Å². The monoisotopic (exact) mass is 473 g/mol. The van der Waals surface area contributed by atoms with Crippen LogP contribution >= 0.6 is 0 Å². The molecule has 0 fully saturated rings. The number of fused-ring (bicyclic) bond motifs is 1. The average Bonchev–Trinajstić information content (AvgIpc) is 3.03. The molecular formula is C22H23N3O7S. The van der Waals surface area contributed by atoms with E-state index in [1.807, 2.05) is 6.92 Å². The third-order valence-electron chi connectivity index (χ3n) is 5.02. The van der Waals surface area contributed by atoms with Crippen LogP contribution in [0.2, 0.25) is 0 Å². The Morgan fingerprint density at radius 3 is 2.33 bits per heavy atom. The molecule has 0 unspecified atom stereocenters. The van der Waals surface area contributed by atoms with Crippen molar-refractivity contribution >= 4 is 33.7 Å². The summed E-state index contributed by atoms with van der Waals surface area (Å²) in [4.78, 5) is 50.3. The van der Waals surface area contributed by atoms with Crippen molar-refractivity contribution in [1.82, 2.24) is 10.2 Å². The number of hydrogen-bond donors (Lipinski definition) is 2. The summed E-state index contributed by atoms with van der Waals surface area (Å²) in [5.41, 5.74) is 1.05. The van der Waals surface area contributed by atoms with Crippen LogP contribution in [0.25, 0.3) is 0 Å². The molecule has 3 amide bonds. The Labute approximate surface area is 190 Å². The van der Waals surface area contributed by atoms with Crippen molar-refractivity contribution in [3.63, 3.8) is 0 Å².